The Hall–Kier alpha value is -3.47. The van der Waals surface area contributed by atoms with E-state index in [0.29, 0.717) is 17.2 Å². The number of hydrogen-bond acceptors (Lipinski definition) is 6. The Morgan fingerprint density at radius 1 is 1.05 bits per heavy atom. The molecule has 0 unspecified atom stereocenters. The molecule has 1 saturated carbocycles. The molecule has 2 aromatic rings. The molecule has 2 N–H and O–H groups in total. The predicted molar refractivity (Wildman–Crippen MR) is 137 cm³/mol. The van der Waals surface area contributed by atoms with Crippen LogP contribution < -0.4 is 25.0 Å². The van der Waals surface area contributed by atoms with Crippen molar-refractivity contribution in [3.05, 3.63) is 48.3 Å². The van der Waals surface area contributed by atoms with Gasteiger partial charge in [0.25, 0.3) is 0 Å². The summed E-state index contributed by atoms with van der Waals surface area (Å²) in [7, 11) is -1.87. The largest absolute Gasteiger partial charge is 0.454 e. The first-order valence-electron chi connectivity index (χ1n) is 12.2. The Labute approximate surface area is 217 Å². The fourth-order valence-electron chi connectivity index (χ4n) is 4.47. The lowest BCUT2D eigenvalue weighted by Gasteiger charge is -2.31. The van der Waals surface area contributed by atoms with Crippen LogP contribution in [0.5, 0.6) is 11.5 Å². The maximum atomic E-state index is 14.0. The van der Waals surface area contributed by atoms with Crippen LogP contribution in [0.25, 0.3) is 0 Å². The number of carbonyl (C=O) groups excluding carboxylic acids is 3. The van der Waals surface area contributed by atoms with E-state index in [2.05, 4.69) is 10.6 Å². The van der Waals surface area contributed by atoms with Crippen molar-refractivity contribution in [1.82, 2.24) is 5.32 Å². The van der Waals surface area contributed by atoms with Gasteiger partial charge in [0.15, 0.2) is 11.5 Å². The molecule has 2 aliphatic rings. The Kier molecular flexibility index (Phi) is 8.75. The summed E-state index contributed by atoms with van der Waals surface area (Å²) in [5, 5.41) is 5.61. The number of carbonyl (C=O) groups is 3. The molecule has 2 aromatic carbocycles. The van der Waals surface area contributed by atoms with Crippen LogP contribution in [-0.4, -0.2) is 52.3 Å². The molecular weight excluding hydrogens is 501 g/mol. The topological polar surface area (TPSA) is 114 Å². The number of hydrogen-bond donors (Lipinski definition) is 2. The molecule has 1 aliphatic heterocycles. The molecule has 0 aromatic heterocycles. The molecule has 0 saturated heterocycles. The zero-order valence-corrected chi connectivity index (χ0v) is 21.4. The number of nitrogens with zero attached hydrogens (tertiary/aromatic N) is 1. The van der Waals surface area contributed by atoms with Crippen LogP contribution in [0.2, 0.25) is 0 Å². The van der Waals surface area contributed by atoms with E-state index in [9.17, 15) is 23.0 Å². The van der Waals surface area contributed by atoms with Crippen LogP contribution >= 0.6 is 0 Å². The van der Waals surface area contributed by atoms with E-state index in [4.69, 9.17) is 9.47 Å². The van der Waals surface area contributed by atoms with E-state index in [1.54, 1.807) is 25.1 Å². The van der Waals surface area contributed by atoms with Gasteiger partial charge in [-0.2, -0.15) is 0 Å². The summed E-state index contributed by atoms with van der Waals surface area (Å²) in [5.41, 5.74) is 0.616. The minimum absolute atomic E-state index is 0.0298. The van der Waals surface area contributed by atoms with Gasteiger partial charge in [-0.15, -0.1) is 0 Å². The smallest absolute Gasteiger partial charge is 0.243 e. The van der Waals surface area contributed by atoms with Crippen molar-refractivity contribution in [3.63, 3.8) is 0 Å². The summed E-state index contributed by atoms with van der Waals surface area (Å²) in [6, 6.07) is 9.26. The van der Waals surface area contributed by atoms with E-state index in [1.807, 2.05) is 0 Å². The molecule has 1 heterocycles. The number of benzene rings is 2. The maximum Gasteiger partial charge on any atom is 0.243 e. The zero-order chi connectivity index (χ0) is 26.4. The van der Waals surface area contributed by atoms with E-state index in [1.165, 1.54) is 18.2 Å². The summed E-state index contributed by atoms with van der Waals surface area (Å²) in [5.74, 6) is -2.02. The van der Waals surface area contributed by atoms with Gasteiger partial charge < -0.3 is 20.1 Å². The average Bonchev–Trinajstić information content (AvgIpc) is 3.32. The SMILES string of the molecule is C[C@@H](C(=O)NC1CCCCC1)N(C(=O)C[S@](=O)CC(=O)Nc1ccc2c(c1)OCO2)c1cccc(F)c1. The van der Waals surface area contributed by atoms with Gasteiger partial charge in [0, 0.05) is 34.3 Å². The van der Waals surface area contributed by atoms with Crippen LogP contribution in [0.4, 0.5) is 15.8 Å². The molecule has 11 heteroatoms. The second-order valence-electron chi connectivity index (χ2n) is 9.11. The predicted octanol–water partition coefficient (Wildman–Crippen LogP) is 3.11. The summed E-state index contributed by atoms with van der Waals surface area (Å²) < 4.78 is 37.2. The number of anilines is 2. The second kappa shape index (κ2) is 12.2. The molecule has 37 heavy (non-hydrogen) atoms. The first-order chi connectivity index (χ1) is 17.8. The normalized spacial score (nSPS) is 16.5. The minimum Gasteiger partial charge on any atom is -0.454 e. The molecular formula is C26H30FN3O6S. The Bertz CT molecular complexity index is 1190. The van der Waals surface area contributed by atoms with Gasteiger partial charge in [0.1, 0.15) is 23.4 Å². The van der Waals surface area contributed by atoms with E-state index in [0.717, 1.165) is 43.1 Å². The van der Waals surface area contributed by atoms with Crippen LogP contribution in [0, 0.1) is 5.82 Å². The van der Waals surface area contributed by atoms with Crippen molar-refractivity contribution in [1.29, 1.82) is 0 Å². The summed E-state index contributed by atoms with van der Waals surface area (Å²) >= 11 is 0. The third-order valence-corrected chi connectivity index (χ3v) is 7.46. The lowest BCUT2D eigenvalue weighted by atomic mass is 9.95. The highest BCUT2D eigenvalue weighted by molar-refractivity contribution is 7.86. The van der Waals surface area contributed by atoms with Crippen molar-refractivity contribution in [2.45, 2.75) is 51.1 Å². The van der Waals surface area contributed by atoms with Crippen molar-refractivity contribution in [2.75, 3.05) is 28.5 Å². The summed E-state index contributed by atoms with van der Waals surface area (Å²) in [4.78, 5) is 39.8. The summed E-state index contributed by atoms with van der Waals surface area (Å²) in [6.07, 6.45) is 4.92. The van der Waals surface area contributed by atoms with Crippen molar-refractivity contribution in [2.24, 2.45) is 0 Å². The van der Waals surface area contributed by atoms with Crippen LogP contribution in [0.3, 0.4) is 0 Å². The minimum atomic E-state index is -1.87. The van der Waals surface area contributed by atoms with Gasteiger partial charge in [0.05, 0.1) is 0 Å². The molecule has 3 amide bonds. The van der Waals surface area contributed by atoms with Crippen molar-refractivity contribution in [3.8, 4) is 11.5 Å². The van der Waals surface area contributed by atoms with Crippen molar-refractivity contribution >= 4 is 39.9 Å². The Balaban J connectivity index is 1.40. The standard InChI is InChI=1S/C26H30FN3O6S/c1-17(26(33)29-19-7-3-2-4-8-19)30(21-9-5-6-18(27)12-21)25(32)15-37(34)14-24(31)28-20-10-11-22-23(13-20)36-16-35-22/h5-6,9-13,17,19H,2-4,7-8,14-16H2,1H3,(H,28,31)(H,29,33)/t17-,37+/m0/s1. The van der Waals surface area contributed by atoms with Gasteiger partial charge in [0.2, 0.25) is 24.5 Å². The van der Waals surface area contributed by atoms with Crippen LogP contribution in [-0.2, 0) is 25.2 Å². The number of ether oxygens (including phenoxy) is 2. The summed E-state index contributed by atoms with van der Waals surface area (Å²) in [6.45, 7) is 1.65. The quantitative estimate of drug-likeness (QED) is 0.514. The fourth-order valence-corrected chi connectivity index (χ4v) is 5.35. The van der Waals surface area contributed by atoms with Crippen LogP contribution in [0.15, 0.2) is 42.5 Å². The molecule has 0 spiro atoms. The zero-order valence-electron chi connectivity index (χ0n) is 20.5. The van der Waals surface area contributed by atoms with Gasteiger partial charge in [-0.05, 0) is 50.1 Å². The fraction of sp³-hybridized carbons (Fsp3) is 0.423. The van der Waals surface area contributed by atoms with Crippen molar-refractivity contribution < 1.29 is 32.5 Å². The molecule has 0 bridgehead atoms. The van der Waals surface area contributed by atoms with Gasteiger partial charge in [-0.25, -0.2) is 4.39 Å². The van der Waals surface area contributed by atoms with Gasteiger partial charge in [-0.3, -0.25) is 23.5 Å². The van der Waals surface area contributed by atoms with Gasteiger partial charge in [-0.1, -0.05) is 25.3 Å². The van der Waals surface area contributed by atoms with E-state index >= 15 is 0 Å². The van der Waals surface area contributed by atoms with Gasteiger partial charge >= 0.3 is 0 Å². The first-order valence-corrected chi connectivity index (χ1v) is 13.7. The van der Waals surface area contributed by atoms with Crippen LogP contribution in [0.1, 0.15) is 39.0 Å². The highest BCUT2D eigenvalue weighted by Gasteiger charge is 2.30. The molecule has 0 radical (unpaired) electrons. The lowest BCUT2D eigenvalue weighted by molar-refractivity contribution is -0.126. The maximum absolute atomic E-state index is 14.0. The third-order valence-electron chi connectivity index (χ3n) is 6.31. The Morgan fingerprint density at radius 3 is 2.57 bits per heavy atom. The number of amides is 3. The third kappa shape index (κ3) is 7.06. The second-order valence-corrected chi connectivity index (χ2v) is 10.6. The molecule has 198 valence electrons. The molecule has 2 atom stereocenters. The number of fused-ring (bicyclic) bond motifs is 1. The number of nitrogens with one attached hydrogen (secondary N) is 2. The first kappa shape index (κ1) is 26.6. The molecule has 1 fully saturated rings. The molecule has 9 nitrogen and oxygen atoms in total. The molecule has 1 aliphatic carbocycles. The number of rotatable bonds is 9. The highest BCUT2D eigenvalue weighted by Crippen LogP contribution is 2.34. The average molecular weight is 532 g/mol. The highest BCUT2D eigenvalue weighted by atomic mass is 32.2. The van der Waals surface area contributed by atoms with E-state index in [-0.39, 0.29) is 24.4 Å². The monoisotopic (exact) mass is 531 g/mol. The van der Waals surface area contributed by atoms with E-state index < -0.39 is 46.0 Å². The molecule has 4 rings (SSSR count). The Morgan fingerprint density at radius 2 is 1.81 bits per heavy atom. The lowest BCUT2D eigenvalue weighted by Crippen LogP contribution is -2.52. The number of halogens is 1.